The van der Waals surface area contributed by atoms with E-state index < -0.39 is 0 Å². The number of amides is 1. The van der Waals surface area contributed by atoms with Gasteiger partial charge in [-0.25, -0.2) is 4.98 Å². The predicted octanol–water partition coefficient (Wildman–Crippen LogP) is 4.67. The monoisotopic (exact) mass is 455 g/mol. The van der Waals surface area contributed by atoms with Gasteiger partial charge in [0.05, 0.1) is 31.7 Å². The number of nitrogens with one attached hydrogen (secondary N) is 1. The highest BCUT2D eigenvalue weighted by molar-refractivity contribution is 5.79. The lowest BCUT2D eigenvalue weighted by atomic mass is 10.1. The van der Waals surface area contributed by atoms with Crippen LogP contribution in [0, 0.1) is 0 Å². The van der Waals surface area contributed by atoms with Crippen LogP contribution in [-0.4, -0.2) is 36.2 Å². The van der Waals surface area contributed by atoms with Crippen LogP contribution in [0.3, 0.4) is 0 Å². The van der Waals surface area contributed by atoms with Crippen molar-refractivity contribution in [1.29, 1.82) is 0 Å². The van der Waals surface area contributed by atoms with Gasteiger partial charge in [0, 0.05) is 19.5 Å². The lowest BCUT2D eigenvalue weighted by molar-refractivity contribution is -0.120. The fourth-order valence-electron chi connectivity index (χ4n) is 3.93. The Morgan fingerprint density at radius 3 is 2.53 bits per heavy atom. The minimum Gasteiger partial charge on any atom is -0.493 e. The molecule has 6 heteroatoms. The third-order valence-electron chi connectivity index (χ3n) is 5.61. The van der Waals surface area contributed by atoms with E-state index in [1.165, 1.54) is 0 Å². The summed E-state index contributed by atoms with van der Waals surface area (Å²) in [6, 6.07) is 23.9. The van der Waals surface area contributed by atoms with E-state index in [2.05, 4.69) is 40.2 Å². The summed E-state index contributed by atoms with van der Waals surface area (Å²) < 4.78 is 12.8. The molecule has 1 aromatic heterocycles. The molecule has 0 aliphatic carbocycles. The van der Waals surface area contributed by atoms with Gasteiger partial charge < -0.3 is 19.4 Å². The van der Waals surface area contributed by atoms with E-state index >= 15 is 0 Å². The molecule has 4 rings (SSSR count). The Hall–Kier alpha value is -4.06. The number of benzene rings is 3. The van der Waals surface area contributed by atoms with E-state index in [-0.39, 0.29) is 12.3 Å². The molecular formula is C28H29N3O3. The summed E-state index contributed by atoms with van der Waals surface area (Å²) >= 11 is 0. The van der Waals surface area contributed by atoms with Crippen LogP contribution in [-0.2, 0) is 24.2 Å². The Labute approximate surface area is 199 Å². The first-order valence-corrected chi connectivity index (χ1v) is 11.3. The molecule has 0 saturated heterocycles. The second-order valence-electron chi connectivity index (χ2n) is 7.91. The third kappa shape index (κ3) is 5.64. The predicted molar refractivity (Wildman–Crippen MR) is 135 cm³/mol. The molecule has 1 amide bonds. The van der Waals surface area contributed by atoms with Gasteiger partial charge >= 0.3 is 0 Å². The number of carbonyl (C=O) groups is 1. The average Bonchev–Trinajstić information content (AvgIpc) is 3.22. The molecule has 4 aromatic rings. The quantitative estimate of drug-likeness (QED) is 0.378. The highest BCUT2D eigenvalue weighted by Crippen LogP contribution is 2.27. The molecule has 0 saturated carbocycles. The van der Waals surface area contributed by atoms with Crippen molar-refractivity contribution in [3.8, 4) is 11.5 Å². The molecule has 0 spiro atoms. The number of allylic oxidation sites excluding steroid dienone is 1. The number of methoxy groups -OCH3 is 2. The summed E-state index contributed by atoms with van der Waals surface area (Å²) in [7, 11) is 3.18. The zero-order chi connectivity index (χ0) is 23.8. The summed E-state index contributed by atoms with van der Waals surface area (Å²) in [5, 5.41) is 3.02. The lowest BCUT2D eigenvalue weighted by Crippen LogP contribution is -2.28. The van der Waals surface area contributed by atoms with Gasteiger partial charge in [-0.1, -0.05) is 60.7 Å². The summed E-state index contributed by atoms with van der Waals surface area (Å²) in [5.41, 5.74) is 4.08. The number of aromatic nitrogens is 2. The molecule has 3 aromatic carbocycles. The van der Waals surface area contributed by atoms with Crippen LogP contribution >= 0.6 is 0 Å². The molecule has 0 fully saturated rings. The van der Waals surface area contributed by atoms with Crippen LogP contribution < -0.4 is 14.8 Å². The molecule has 0 aliphatic rings. The van der Waals surface area contributed by atoms with Crippen LogP contribution in [0.25, 0.3) is 17.1 Å². The van der Waals surface area contributed by atoms with Gasteiger partial charge in [0.2, 0.25) is 5.91 Å². The van der Waals surface area contributed by atoms with Crippen LogP contribution in [0.1, 0.15) is 17.0 Å². The first-order chi connectivity index (χ1) is 16.7. The number of fused-ring (bicyclic) bond motifs is 1. The summed E-state index contributed by atoms with van der Waals surface area (Å²) in [6.07, 6.45) is 5.17. The maximum absolute atomic E-state index is 12.5. The fourth-order valence-corrected chi connectivity index (χ4v) is 3.93. The van der Waals surface area contributed by atoms with Crippen LogP contribution in [0.2, 0.25) is 0 Å². The van der Waals surface area contributed by atoms with E-state index in [4.69, 9.17) is 14.5 Å². The average molecular weight is 456 g/mol. The Balaban J connectivity index is 1.39. The van der Waals surface area contributed by atoms with Crippen molar-refractivity contribution in [1.82, 2.24) is 14.9 Å². The first kappa shape index (κ1) is 23.1. The molecule has 0 unspecified atom stereocenters. The van der Waals surface area contributed by atoms with Gasteiger partial charge in [0.25, 0.3) is 0 Å². The van der Waals surface area contributed by atoms with Crippen molar-refractivity contribution in [2.45, 2.75) is 19.4 Å². The van der Waals surface area contributed by atoms with Gasteiger partial charge in [-0.05, 0) is 35.4 Å². The van der Waals surface area contributed by atoms with Gasteiger partial charge in [-0.2, -0.15) is 0 Å². The molecule has 174 valence electrons. The van der Waals surface area contributed by atoms with E-state index in [9.17, 15) is 4.79 Å². The van der Waals surface area contributed by atoms with E-state index in [1.807, 2.05) is 54.6 Å². The zero-order valence-electron chi connectivity index (χ0n) is 19.5. The van der Waals surface area contributed by atoms with Crippen molar-refractivity contribution in [3.05, 3.63) is 95.8 Å². The molecule has 6 nitrogen and oxygen atoms in total. The van der Waals surface area contributed by atoms with E-state index in [1.54, 1.807) is 14.2 Å². The normalized spacial score (nSPS) is 11.1. The lowest BCUT2D eigenvalue weighted by Gasteiger charge is -2.10. The fraction of sp³-hybridized carbons (Fsp3) is 0.214. The molecular weight excluding hydrogens is 426 g/mol. The minimum atomic E-state index is -0.0427. The number of imidazole rings is 1. The van der Waals surface area contributed by atoms with Gasteiger partial charge in [-0.3, -0.25) is 4.79 Å². The van der Waals surface area contributed by atoms with E-state index in [0.29, 0.717) is 31.0 Å². The Morgan fingerprint density at radius 1 is 0.971 bits per heavy atom. The molecule has 0 aliphatic heterocycles. The molecule has 1 heterocycles. The SMILES string of the molecule is COc1ccc(CC(=O)NCCc2nc3ccccc3n2C/C=C/c2ccccc2)cc1OC. The van der Waals surface area contributed by atoms with Crippen molar-refractivity contribution in [3.63, 3.8) is 0 Å². The Morgan fingerprint density at radius 2 is 1.74 bits per heavy atom. The number of hydrogen-bond donors (Lipinski definition) is 1. The Kier molecular flexibility index (Phi) is 7.60. The number of para-hydroxylation sites is 2. The number of rotatable bonds is 10. The van der Waals surface area contributed by atoms with Crippen molar-refractivity contribution >= 4 is 23.0 Å². The molecule has 0 atom stereocenters. The number of nitrogens with zero attached hydrogens (tertiary/aromatic N) is 2. The van der Waals surface area contributed by atoms with Crippen molar-refractivity contribution < 1.29 is 14.3 Å². The largest absolute Gasteiger partial charge is 0.493 e. The smallest absolute Gasteiger partial charge is 0.224 e. The maximum atomic E-state index is 12.5. The number of carbonyl (C=O) groups excluding carboxylic acids is 1. The highest BCUT2D eigenvalue weighted by atomic mass is 16.5. The van der Waals surface area contributed by atoms with E-state index in [0.717, 1.165) is 28.0 Å². The van der Waals surface area contributed by atoms with Gasteiger partial charge in [0.15, 0.2) is 11.5 Å². The van der Waals surface area contributed by atoms with Gasteiger partial charge in [0.1, 0.15) is 5.82 Å². The summed E-state index contributed by atoms with van der Waals surface area (Å²) in [4.78, 5) is 17.3. The second kappa shape index (κ2) is 11.2. The standard InChI is InChI=1S/C28H29N3O3/c1-33-25-15-14-22(19-26(25)34-2)20-28(32)29-17-16-27-30-23-12-6-7-13-24(23)31(27)18-8-11-21-9-4-3-5-10-21/h3-15,19H,16-18,20H2,1-2H3,(H,29,32)/b11-8+. The van der Waals surface area contributed by atoms with Crippen LogP contribution in [0.5, 0.6) is 11.5 Å². The summed E-state index contributed by atoms with van der Waals surface area (Å²) in [5.74, 6) is 2.17. The minimum absolute atomic E-state index is 0.0427. The first-order valence-electron chi connectivity index (χ1n) is 11.3. The second-order valence-corrected chi connectivity index (χ2v) is 7.91. The van der Waals surface area contributed by atoms with Crippen LogP contribution in [0.4, 0.5) is 0 Å². The number of hydrogen-bond acceptors (Lipinski definition) is 4. The molecule has 34 heavy (non-hydrogen) atoms. The van der Waals surface area contributed by atoms with Crippen molar-refractivity contribution in [2.24, 2.45) is 0 Å². The maximum Gasteiger partial charge on any atom is 0.224 e. The highest BCUT2D eigenvalue weighted by Gasteiger charge is 2.11. The van der Waals surface area contributed by atoms with Crippen LogP contribution in [0.15, 0.2) is 78.9 Å². The zero-order valence-corrected chi connectivity index (χ0v) is 19.5. The topological polar surface area (TPSA) is 65.4 Å². The Bertz CT molecular complexity index is 1280. The third-order valence-corrected chi connectivity index (χ3v) is 5.61. The number of ether oxygens (including phenoxy) is 2. The summed E-state index contributed by atoms with van der Waals surface area (Å²) in [6.45, 7) is 1.22. The van der Waals surface area contributed by atoms with Crippen molar-refractivity contribution in [2.75, 3.05) is 20.8 Å². The van der Waals surface area contributed by atoms with Gasteiger partial charge in [-0.15, -0.1) is 0 Å². The molecule has 0 radical (unpaired) electrons. The molecule has 1 N–H and O–H groups in total. The molecule has 0 bridgehead atoms.